The number of alkyl halides is 3. The highest BCUT2D eigenvalue weighted by atomic mass is 127. The van der Waals surface area contributed by atoms with E-state index in [1.165, 1.54) is 17.7 Å². The van der Waals surface area contributed by atoms with Crippen molar-refractivity contribution in [1.29, 1.82) is 0 Å². The maximum Gasteiger partial charge on any atom is 0.422 e. The Morgan fingerprint density at radius 1 is 1.23 bits per heavy atom. The topological polar surface area (TPSA) is 63.5 Å². The average Bonchev–Trinajstić information content (AvgIpc) is 2.91. The van der Waals surface area contributed by atoms with E-state index in [1.54, 1.807) is 12.1 Å². The van der Waals surface area contributed by atoms with Gasteiger partial charge in [-0.2, -0.15) is 18.3 Å². The van der Waals surface area contributed by atoms with Crippen molar-refractivity contribution in [2.75, 3.05) is 13.2 Å². The summed E-state index contributed by atoms with van der Waals surface area (Å²) in [7, 11) is 1.94. The van der Waals surface area contributed by atoms with Crippen LogP contribution >= 0.6 is 24.0 Å². The van der Waals surface area contributed by atoms with Gasteiger partial charge in [-0.1, -0.05) is 12.1 Å². The first-order valence-corrected chi connectivity index (χ1v) is 9.91. The molecule has 0 fully saturated rings. The second-order valence-corrected chi connectivity index (χ2v) is 7.27. The van der Waals surface area contributed by atoms with Gasteiger partial charge in [0.15, 0.2) is 12.6 Å². The van der Waals surface area contributed by atoms with E-state index in [1.807, 2.05) is 25.6 Å². The lowest BCUT2D eigenvalue weighted by Crippen LogP contribution is -2.43. The Bertz CT molecular complexity index is 850. The van der Waals surface area contributed by atoms with E-state index in [-0.39, 0.29) is 35.8 Å². The second kappa shape index (κ2) is 12.2. The van der Waals surface area contributed by atoms with Crippen molar-refractivity contribution in [3.63, 3.8) is 0 Å². The van der Waals surface area contributed by atoms with Gasteiger partial charge in [0, 0.05) is 25.3 Å². The zero-order chi connectivity index (χ0) is 22.3. The Morgan fingerprint density at radius 3 is 2.39 bits per heavy atom. The molecule has 0 aliphatic heterocycles. The normalized spacial score (nSPS) is 12.8. The van der Waals surface area contributed by atoms with Crippen molar-refractivity contribution in [2.24, 2.45) is 12.0 Å². The fraction of sp³-hybridized carbons (Fsp3) is 0.524. The minimum atomic E-state index is -4.35. The number of ether oxygens (including phenoxy) is 1. The van der Waals surface area contributed by atoms with E-state index in [0.717, 1.165) is 23.4 Å². The van der Waals surface area contributed by atoms with Gasteiger partial charge in [-0.05, 0) is 57.4 Å². The number of aromatic nitrogens is 2. The summed E-state index contributed by atoms with van der Waals surface area (Å²) in [5.74, 6) is 0.863. The molecule has 0 aliphatic carbocycles. The summed E-state index contributed by atoms with van der Waals surface area (Å²) in [5, 5.41) is 11.1. The SMILES string of the molecule is CCNC(=NCc1ccc(OCC(F)(F)F)cc1)NC(C)Cc1c(C)nn(C)c1C.I. The predicted molar refractivity (Wildman–Crippen MR) is 127 cm³/mol. The lowest BCUT2D eigenvalue weighted by atomic mass is 10.1. The van der Waals surface area contributed by atoms with Crippen molar-refractivity contribution >= 4 is 29.9 Å². The fourth-order valence-electron chi connectivity index (χ4n) is 3.05. The van der Waals surface area contributed by atoms with Crippen LogP contribution in [0.5, 0.6) is 5.75 Å². The highest BCUT2D eigenvalue weighted by molar-refractivity contribution is 14.0. The van der Waals surface area contributed by atoms with Gasteiger partial charge in [0.2, 0.25) is 0 Å². The van der Waals surface area contributed by atoms with E-state index in [0.29, 0.717) is 19.0 Å². The summed E-state index contributed by atoms with van der Waals surface area (Å²) in [6.45, 7) is 7.96. The van der Waals surface area contributed by atoms with Crippen LogP contribution in [0.15, 0.2) is 29.3 Å². The molecule has 2 N–H and O–H groups in total. The first-order valence-electron chi connectivity index (χ1n) is 9.91. The summed E-state index contributed by atoms with van der Waals surface area (Å²) in [4.78, 5) is 4.58. The summed E-state index contributed by atoms with van der Waals surface area (Å²) < 4.78 is 43.3. The quantitative estimate of drug-likeness (QED) is 0.291. The number of hydrogen-bond acceptors (Lipinski definition) is 3. The molecule has 174 valence electrons. The molecule has 0 amide bonds. The maximum absolute atomic E-state index is 12.2. The first-order chi connectivity index (χ1) is 14.1. The third-order valence-electron chi connectivity index (χ3n) is 4.64. The zero-order valence-electron chi connectivity index (χ0n) is 18.5. The molecule has 1 aromatic carbocycles. The first kappa shape index (κ1) is 27.1. The second-order valence-electron chi connectivity index (χ2n) is 7.27. The Kier molecular flexibility index (Phi) is 10.6. The van der Waals surface area contributed by atoms with Gasteiger partial charge >= 0.3 is 6.18 Å². The van der Waals surface area contributed by atoms with E-state index in [2.05, 4.69) is 34.6 Å². The van der Waals surface area contributed by atoms with Gasteiger partial charge in [-0.15, -0.1) is 24.0 Å². The number of rotatable bonds is 8. The monoisotopic (exact) mass is 553 g/mol. The third kappa shape index (κ3) is 8.96. The molecule has 2 rings (SSSR count). The van der Waals surface area contributed by atoms with Crippen molar-refractivity contribution in [3.8, 4) is 5.75 Å². The number of guanidine groups is 1. The molecule has 0 saturated carbocycles. The van der Waals surface area contributed by atoms with Gasteiger partial charge in [-0.25, -0.2) is 4.99 Å². The molecular formula is C21H31F3IN5O. The van der Waals surface area contributed by atoms with Crippen LogP contribution in [0.1, 0.15) is 36.4 Å². The van der Waals surface area contributed by atoms with E-state index in [9.17, 15) is 13.2 Å². The number of aryl methyl sites for hydroxylation is 2. The molecule has 0 spiro atoms. The van der Waals surface area contributed by atoms with Crippen molar-refractivity contribution in [2.45, 2.75) is 52.9 Å². The van der Waals surface area contributed by atoms with Gasteiger partial charge in [0.05, 0.1) is 12.2 Å². The molecule has 1 unspecified atom stereocenters. The van der Waals surface area contributed by atoms with Crippen LogP contribution in [-0.2, 0) is 20.0 Å². The number of nitrogens with one attached hydrogen (secondary N) is 2. The molecule has 1 aromatic heterocycles. The zero-order valence-corrected chi connectivity index (χ0v) is 20.8. The minimum Gasteiger partial charge on any atom is -0.484 e. The van der Waals surface area contributed by atoms with Crippen LogP contribution in [0.4, 0.5) is 13.2 Å². The third-order valence-corrected chi connectivity index (χ3v) is 4.64. The molecule has 0 aliphatic rings. The maximum atomic E-state index is 12.2. The smallest absolute Gasteiger partial charge is 0.422 e. The molecule has 1 atom stereocenters. The van der Waals surface area contributed by atoms with Crippen molar-refractivity contribution in [1.82, 2.24) is 20.4 Å². The van der Waals surface area contributed by atoms with Crippen LogP contribution < -0.4 is 15.4 Å². The standard InChI is InChI=1S/C21H30F3N5O.HI/c1-6-25-20(27-14(2)11-19-15(3)28-29(5)16(19)4)26-12-17-7-9-18(10-8-17)30-13-21(22,23)24;/h7-10,14H,6,11-13H2,1-5H3,(H2,25,26,27);1H. The largest absolute Gasteiger partial charge is 0.484 e. The van der Waals surface area contributed by atoms with E-state index in [4.69, 9.17) is 4.74 Å². The number of aliphatic imine (C=N–C) groups is 1. The molecule has 0 radical (unpaired) electrons. The predicted octanol–water partition coefficient (Wildman–Crippen LogP) is 4.28. The summed E-state index contributed by atoms with van der Waals surface area (Å²) in [6.07, 6.45) is -3.53. The Morgan fingerprint density at radius 2 is 1.87 bits per heavy atom. The molecule has 2 aromatic rings. The molecule has 31 heavy (non-hydrogen) atoms. The number of hydrogen-bond donors (Lipinski definition) is 2. The number of halogens is 4. The highest BCUT2D eigenvalue weighted by Gasteiger charge is 2.28. The summed E-state index contributed by atoms with van der Waals surface area (Å²) in [5.41, 5.74) is 4.27. The van der Waals surface area contributed by atoms with Gasteiger partial charge in [0.25, 0.3) is 0 Å². The lowest BCUT2D eigenvalue weighted by Gasteiger charge is -2.18. The van der Waals surface area contributed by atoms with Gasteiger partial charge in [-0.3, -0.25) is 4.68 Å². The van der Waals surface area contributed by atoms with E-state index >= 15 is 0 Å². The lowest BCUT2D eigenvalue weighted by molar-refractivity contribution is -0.153. The van der Waals surface area contributed by atoms with Crippen LogP contribution in [0, 0.1) is 13.8 Å². The Balaban J connectivity index is 0.00000480. The van der Waals surface area contributed by atoms with Crippen LogP contribution in [0.2, 0.25) is 0 Å². The summed E-state index contributed by atoms with van der Waals surface area (Å²) >= 11 is 0. The van der Waals surface area contributed by atoms with Crippen LogP contribution in [-0.4, -0.2) is 41.1 Å². The number of benzene rings is 1. The average molecular weight is 553 g/mol. The fourth-order valence-corrected chi connectivity index (χ4v) is 3.05. The molecule has 0 bridgehead atoms. The molecule has 0 saturated heterocycles. The summed E-state index contributed by atoms with van der Waals surface area (Å²) in [6, 6.07) is 6.61. The van der Waals surface area contributed by atoms with Crippen molar-refractivity contribution < 1.29 is 17.9 Å². The van der Waals surface area contributed by atoms with Gasteiger partial charge in [0.1, 0.15) is 5.75 Å². The Labute approximate surface area is 198 Å². The van der Waals surface area contributed by atoms with Crippen LogP contribution in [0.3, 0.4) is 0 Å². The molecule has 10 heteroatoms. The minimum absolute atomic E-state index is 0. The Hall–Kier alpha value is -1.98. The molecule has 1 heterocycles. The molecular weight excluding hydrogens is 522 g/mol. The van der Waals surface area contributed by atoms with Crippen molar-refractivity contribution in [3.05, 3.63) is 46.8 Å². The number of nitrogens with zero attached hydrogens (tertiary/aromatic N) is 3. The van der Waals surface area contributed by atoms with Gasteiger partial charge < -0.3 is 15.4 Å². The molecule has 6 nitrogen and oxygen atoms in total. The van der Waals surface area contributed by atoms with E-state index < -0.39 is 12.8 Å². The van der Waals surface area contributed by atoms with Crippen LogP contribution in [0.25, 0.3) is 0 Å². The highest BCUT2D eigenvalue weighted by Crippen LogP contribution is 2.19.